The molecule has 10 heavy (non-hydrogen) atoms. The van der Waals surface area contributed by atoms with E-state index in [1.807, 2.05) is 32.1 Å². The lowest BCUT2D eigenvalue weighted by molar-refractivity contribution is 0.549. The van der Waals surface area contributed by atoms with Gasteiger partial charge in [0.25, 0.3) is 0 Å². The van der Waals surface area contributed by atoms with Crippen molar-refractivity contribution < 1.29 is 4.39 Å². The van der Waals surface area contributed by atoms with Crippen LogP contribution in [-0.2, 0) is 0 Å². The zero-order chi connectivity index (χ0) is 7.56. The highest BCUT2D eigenvalue weighted by molar-refractivity contribution is 5.29. The average molecular weight is 138 g/mol. The highest BCUT2D eigenvalue weighted by Crippen LogP contribution is 2.18. The Kier molecular flexibility index (Phi) is 2.05. The Bertz CT molecular complexity index is 209. The third-order valence-corrected chi connectivity index (χ3v) is 1.56. The van der Waals surface area contributed by atoms with Crippen molar-refractivity contribution in [2.45, 2.75) is 13.8 Å². The van der Waals surface area contributed by atoms with E-state index in [1.165, 1.54) is 0 Å². The van der Waals surface area contributed by atoms with Gasteiger partial charge in [-0.05, 0) is 18.6 Å². The van der Waals surface area contributed by atoms with Crippen LogP contribution in [0.4, 0.5) is 4.39 Å². The summed E-state index contributed by atoms with van der Waals surface area (Å²) in [6.07, 6.45) is 7.22. The zero-order valence-corrected chi connectivity index (χ0v) is 6.26. The largest absolute Gasteiger partial charge is 0.211 e. The Morgan fingerprint density at radius 2 is 2.20 bits per heavy atom. The Labute approximate surface area is 60.7 Å². The van der Waals surface area contributed by atoms with Crippen LogP contribution in [-0.4, -0.2) is 0 Å². The Hall–Kier alpha value is -0.850. The standard InChI is InChI=1S/C9H11F/c1-7-4-3-5-8(2)9(10)6-7/h3-6,8H,1-2H3. The van der Waals surface area contributed by atoms with Gasteiger partial charge in [0.1, 0.15) is 5.83 Å². The lowest BCUT2D eigenvalue weighted by Crippen LogP contribution is -1.87. The molecule has 0 heterocycles. The summed E-state index contributed by atoms with van der Waals surface area (Å²) >= 11 is 0. The van der Waals surface area contributed by atoms with Gasteiger partial charge in [-0.2, -0.15) is 0 Å². The first-order valence-corrected chi connectivity index (χ1v) is 3.42. The second-order valence-corrected chi connectivity index (χ2v) is 2.61. The second kappa shape index (κ2) is 2.82. The maximum Gasteiger partial charge on any atom is 0.107 e. The molecule has 0 aliphatic heterocycles. The van der Waals surface area contributed by atoms with Gasteiger partial charge < -0.3 is 0 Å². The predicted octanol–water partition coefficient (Wildman–Crippen LogP) is 2.99. The van der Waals surface area contributed by atoms with Crippen molar-refractivity contribution in [3.8, 4) is 0 Å². The van der Waals surface area contributed by atoms with Crippen molar-refractivity contribution in [1.82, 2.24) is 0 Å². The lowest BCUT2D eigenvalue weighted by Gasteiger charge is -1.98. The fourth-order valence-electron chi connectivity index (χ4n) is 0.863. The summed E-state index contributed by atoms with van der Waals surface area (Å²) in [5, 5.41) is 0. The predicted molar refractivity (Wildman–Crippen MR) is 41.3 cm³/mol. The molecular formula is C9H11F. The van der Waals surface area contributed by atoms with E-state index in [0.717, 1.165) is 5.57 Å². The van der Waals surface area contributed by atoms with Gasteiger partial charge in [-0.15, -0.1) is 0 Å². The molecule has 1 aliphatic carbocycles. The van der Waals surface area contributed by atoms with Crippen LogP contribution in [0.25, 0.3) is 0 Å². The Balaban J connectivity index is 2.90. The minimum absolute atomic E-state index is 0.0532. The molecule has 0 aromatic rings. The van der Waals surface area contributed by atoms with Gasteiger partial charge in [0, 0.05) is 5.92 Å². The monoisotopic (exact) mass is 138 g/mol. The van der Waals surface area contributed by atoms with E-state index < -0.39 is 0 Å². The molecule has 1 aliphatic rings. The molecule has 0 fully saturated rings. The molecular weight excluding hydrogens is 127 g/mol. The van der Waals surface area contributed by atoms with E-state index in [2.05, 4.69) is 0 Å². The van der Waals surface area contributed by atoms with E-state index in [1.54, 1.807) is 6.08 Å². The lowest BCUT2D eigenvalue weighted by atomic mass is 10.1. The molecule has 0 amide bonds. The number of hydrogen-bond acceptors (Lipinski definition) is 0. The van der Waals surface area contributed by atoms with E-state index >= 15 is 0 Å². The molecule has 0 nitrogen and oxygen atoms in total. The second-order valence-electron chi connectivity index (χ2n) is 2.61. The van der Waals surface area contributed by atoms with Crippen LogP contribution >= 0.6 is 0 Å². The van der Waals surface area contributed by atoms with Gasteiger partial charge in [-0.25, -0.2) is 4.39 Å². The Morgan fingerprint density at radius 3 is 2.90 bits per heavy atom. The van der Waals surface area contributed by atoms with Crippen LogP contribution in [0.5, 0.6) is 0 Å². The molecule has 0 aromatic carbocycles. The van der Waals surface area contributed by atoms with Gasteiger partial charge in [-0.1, -0.05) is 25.2 Å². The highest BCUT2D eigenvalue weighted by atomic mass is 19.1. The zero-order valence-electron chi connectivity index (χ0n) is 6.26. The number of halogens is 1. The third kappa shape index (κ3) is 1.56. The molecule has 1 unspecified atom stereocenters. The highest BCUT2D eigenvalue weighted by Gasteiger charge is 2.04. The summed E-state index contributed by atoms with van der Waals surface area (Å²) in [5.74, 6) is -0.115. The summed E-state index contributed by atoms with van der Waals surface area (Å²) < 4.78 is 12.9. The van der Waals surface area contributed by atoms with E-state index in [9.17, 15) is 4.39 Å². The fraction of sp³-hybridized carbons (Fsp3) is 0.333. The normalized spacial score (nSPS) is 25.3. The summed E-state index contributed by atoms with van der Waals surface area (Å²) in [6, 6.07) is 0. The molecule has 1 atom stereocenters. The number of rotatable bonds is 0. The topological polar surface area (TPSA) is 0 Å². The van der Waals surface area contributed by atoms with Crippen molar-refractivity contribution in [1.29, 1.82) is 0 Å². The van der Waals surface area contributed by atoms with Crippen molar-refractivity contribution >= 4 is 0 Å². The van der Waals surface area contributed by atoms with E-state index in [4.69, 9.17) is 0 Å². The van der Waals surface area contributed by atoms with Crippen molar-refractivity contribution in [3.05, 3.63) is 35.7 Å². The van der Waals surface area contributed by atoms with Crippen molar-refractivity contribution in [2.24, 2.45) is 5.92 Å². The summed E-state index contributed by atoms with van der Waals surface area (Å²) in [5.41, 5.74) is 0.970. The van der Waals surface area contributed by atoms with Gasteiger partial charge in [0.15, 0.2) is 0 Å². The average Bonchev–Trinajstić information content (AvgIpc) is 1.96. The molecule has 0 N–H and O–H groups in total. The molecule has 54 valence electrons. The SMILES string of the molecule is CC1=CC=CC(C)C(F)=C1. The third-order valence-electron chi connectivity index (χ3n) is 1.56. The minimum Gasteiger partial charge on any atom is -0.211 e. The van der Waals surface area contributed by atoms with Crippen LogP contribution < -0.4 is 0 Å². The molecule has 0 radical (unpaired) electrons. The molecule has 0 bridgehead atoms. The molecule has 0 aromatic heterocycles. The quantitative estimate of drug-likeness (QED) is 0.482. The number of allylic oxidation sites excluding steroid dienone is 6. The molecule has 0 saturated carbocycles. The summed E-state index contributed by atoms with van der Waals surface area (Å²) in [7, 11) is 0. The van der Waals surface area contributed by atoms with Crippen molar-refractivity contribution in [2.75, 3.05) is 0 Å². The maximum atomic E-state index is 12.9. The summed E-state index contributed by atoms with van der Waals surface area (Å²) in [6.45, 7) is 3.73. The van der Waals surface area contributed by atoms with Crippen LogP contribution in [0.2, 0.25) is 0 Å². The van der Waals surface area contributed by atoms with Crippen LogP contribution in [0.15, 0.2) is 35.7 Å². The summed E-state index contributed by atoms with van der Waals surface area (Å²) in [4.78, 5) is 0. The first-order valence-electron chi connectivity index (χ1n) is 3.42. The van der Waals surface area contributed by atoms with Crippen LogP contribution in [0.3, 0.4) is 0 Å². The Morgan fingerprint density at radius 1 is 1.50 bits per heavy atom. The molecule has 0 saturated heterocycles. The molecule has 1 rings (SSSR count). The van der Waals surface area contributed by atoms with Crippen LogP contribution in [0, 0.1) is 5.92 Å². The van der Waals surface area contributed by atoms with Gasteiger partial charge in [0.2, 0.25) is 0 Å². The van der Waals surface area contributed by atoms with Gasteiger partial charge in [0.05, 0.1) is 0 Å². The maximum absolute atomic E-state index is 12.9. The first kappa shape index (κ1) is 7.26. The van der Waals surface area contributed by atoms with E-state index in [0.29, 0.717) is 0 Å². The molecule has 1 heteroatoms. The van der Waals surface area contributed by atoms with E-state index in [-0.39, 0.29) is 11.7 Å². The van der Waals surface area contributed by atoms with Crippen LogP contribution in [0.1, 0.15) is 13.8 Å². The van der Waals surface area contributed by atoms with Gasteiger partial charge in [-0.3, -0.25) is 0 Å². The number of hydrogen-bond donors (Lipinski definition) is 0. The van der Waals surface area contributed by atoms with Gasteiger partial charge >= 0.3 is 0 Å². The molecule has 0 spiro atoms. The first-order chi connectivity index (χ1) is 4.70. The van der Waals surface area contributed by atoms with Crippen molar-refractivity contribution in [3.63, 3.8) is 0 Å². The minimum atomic E-state index is -0.0614. The smallest absolute Gasteiger partial charge is 0.107 e. The fourth-order valence-corrected chi connectivity index (χ4v) is 0.863.